The minimum atomic E-state index is -0.142. The number of ether oxygens (including phenoxy) is 1. The predicted octanol–water partition coefficient (Wildman–Crippen LogP) is 3.42. The Kier molecular flexibility index (Phi) is 6.86. The summed E-state index contributed by atoms with van der Waals surface area (Å²) in [7, 11) is 0. The van der Waals surface area contributed by atoms with Gasteiger partial charge in [0.15, 0.2) is 5.96 Å². The van der Waals surface area contributed by atoms with E-state index in [0.717, 1.165) is 43.9 Å². The molecule has 4 nitrogen and oxygen atoms in total. The molecule has 0 aromatic heterocycles. The van der Waals surface area contributed by atoms with Gasteiger partial charge in [-0.1, -0.05) is 18.2 Å². The van der Waals surface area contributed by atoms with Crippen LogP contribution in [0, 0.1) is 5.82 Å². The Labute approximate surface area is 160 Å². The number of hydrogen-bond donors (Lipinski definition) is 2. The van der Waals surface area contributed by atoms with E-state index in [0.29, 0.717) is 6.54 Å². The molecule has 0 bridgehead atoms. The van der Waals surface area contributed by atoms with Gasteiger partial charge in [0.25, 0.3) is 0 Å². The van der Waals surface area contributed by atoms with Crippen molar-refractivity contribution in [2.45, 2.75) is 50.7 Å². The maximum atomic E-state index is 13.9. The van der Waals surface area contributed by atoms with Gasteiger partial charge in [-0.3, -0.25) is 4.99 Å². The Hall–Kier alpha value is -0.890. The number of rotatable bonds is 5. The van der Waals surface area contributed by atoms with Crippen molar-refractivity contribution in [3.05, 3.63) is 35.6 Å². The highest BCUT2D eigenvalue weighted by Crippen LogP contribution is 2.41. The van der Waals surface area contributed by atoms with Crippen molar-refractivity contribution in [2.75, 3.05) is 19.7 Å². The van der Waals surface area contributed by atoms with E-state index in [1.54, 1.807) is 6.07 Å². The van der Waals surface area contributed by atoms with Crippen molar-refractivity contribution >= 4 is 29.9 Å². The van der Waals surface area contributed by atoms with Gasteiger partial charge in [0.1, 0.15) is 5.82 Å². The maximum Gasteiger partial charge on any atom is 0.191 e. The Morgan fingerprint density at radius 2 is 2.21 bits per heavy atom. The number of nitrogens with zero attached hydrogens (tertiary/aromatic N) is 1. The van der Waals surface area contributed by atoms with Crippen LogP contribution in [0.4, 0.5) is 4.39 Å². The van der Waals surface area contributed by atoms with Gasteiger partial charge in [-0.25, -0.2) is 4.39 Å². The third-order valence-corrected chi connectivity index (χ3v) is 4.63. The average Bonchev–Trinajstić information content (AvgIpc) is 3.16. The van der Waals surface area contributed by atoms with E-state index in [-0.39, 0.29) is 47.4 Å². The Bertz CT molecular complexity index is 575. The summed E-state index contributed by atoms with van der Waals surface area (Å²) in [6.07, 6.45) is 3.10. The topological polar surface area (TPSA) is 45.7 Å². The molecule has 0 spiro atoms. The van der Waals surface area contributed by atoms with Crippen LogP contribution in [-0.2, 0) is 4.74 Å². The molecule has 24 heavy (non-hydrogen) atoms. The molecule has 2 N–H and O–H groups in total. The largest absolute Gasteiger partial charge is 0.373 e. The number of halogens is 2. The van der Waals surface area contributed by atoms with E-state index < -0.39 is 0 Å². The van der Waals surface area contributed by atoms with Crippen molar-refractivity contribution < 1.29 is 9.13 Å². The summed E-state index contributed by atoms with van der Waals surface area (Å²) in [5, 5.41) is 6.70. The molecule has 3 atom stereocenters. The maximum absolute atomic E-state index is 13.9. The van der Waals surface area contributed by atoms with E-state index >= 15 is 0 Å². The Morgan fingerprint density at radius 1 is 1.42 bits per heavy atom. The zero-order valence-corrected chi connectivity index (χ0v) is 16.7. The number of benzene rings is 1. The van der Waals surface area contributed by atoms with Crippen LogP contribution < -0.4 is 10.6 Å². The second-order valence-electron chi connectivity index (χ2n) is 6.71. The molecule has 2 fully saturated rings. The van der Waals surface area contributed by atoms with E-state index in [1.165, 1.54) is 6.07 Å². The van der Waals surface area contributed by atoms with Crippen LogP contribution in [0.1, 0.15) is 44.6 Å². The molecule has 1 aliphatic carbocycles. The van der Waals surface area contributed by atoms with Crippen LogP contribution in [0.3, 0.4) is 0 Å². The zero-order valence-electron chi connectivity index (χ0n) is 14.3. The fourth-order valence-corrected chi connectivity index (χ4v) is 3.18. The molecule has 1 aromatic rings. The lowest BCUT2D eigenvalue weighted by Gasteiger charge is -2.21. The molecule has 134 valence electrons. The highest BCUT2D eigenvalue weighted by atomic mass is 127. The summed E-state index contributed by atoms with van der Waals surface area (Å²) >= 11 is 0. The number of nitrogens with one attached hydrogen (secondary N) is 2. The van der Waals surface area contributed by atoms with Crippen molar-refractivity contribution in [2.24, 2.45) is 4.99 Å². The first-order valence-electron chi connectivity index (χ1n) is 8.54. The molecule has 3 rings (SSSR count). The highest BCUT2D eigenvalue weighted by molar-refractivity contribution is 14.0. The van der Waals surface area contributed by atoms with E-state index in [1.807, 2.05) is 19.1 Å². The van der Waals surface area contributed by atoms with Gasteiger partial charge in [0, 0.05) is 25.1 Å². The minimum absolute atomic E-state index is 0. The predicted molar refractivity (Wildman–Crippen MR) is 106 cm³/mol. The minimum Gasteiger partial charge on any atom is -0.373 e. The quantitative estimate of drug-likeness (QED) is 0.413. The zero-order chi connectivity index (χ0) is 16.3. The Morgan fingerprint density at radius 3 is 2.88 bits per heavy atom. The summed E-state index contributed by atoms with van der Waals surface area (Å²) in [5.41, 5.74) is 0.656. The monoisotopic (exact) mass is 447 g/mol. The molecule has 6 heteroatoms. The summed E-state index contributed by atoms with van der Waals surface area (Å²) in [6.45, 7) is 6.45. The molecular weight excluding hydrogens is 420 g/mol. The van der Waals surface area contributed by atoms with Crippen LogP contribution >= 0.6 is 24.0 Å². The molecule has 0 amide bonds. The van der Waals surface area contributed by atoms with E-state index in [9.17, 15) is 4.39 Å². The molecule has 1 aromatic carbocycles. The lowest BCUT2D eigenvalue weighted by atomic mass is 10.0. The summed E-state index contributed by atoms with van der Waals surface area (Å²) in [6, 6.07) is 7.28. The fraction of sp³-hybridized carbons (Fsp3) is 0.611. The van der Waals surface area contributed by atoms with Gasteiger partial charge in [-0.15, -0.1) is 24.0 Å². The van der Waals surface area contributed by atoms with Crippen LogP contribution in [0.2, 0.25) is 0 Å². The SMILES string of the molecule is CCNC(=NCC1(C)CCCO1)NC1CC1c1ccccc1F.I. The number of guanidine groups is 1. The first kappa shape index (κ1) is 19.4. The molecule has 0 radical (unpaired) electrons. The van der Waals surface area contributed by atoms with Crippen LogP contribution in [0.15, 0.2) is 29.3 Å². The molecular formula is C18H27FIN3O. The lowest BCUT2D eigenvalue weighted by Crippen LogP contribution is -2.40. The molecule has 3 unspecified atom stereocenters. The average molecular weight is 447 g/mol. The summed E-state index contributed by atoms with van der Waals surface area (Å²) < 4.78 is 19.6. The smallest absolute Gasteiger partial charge is 0.191 e. The van der Waals surface area contributed by atoms with E-state index in [2.05, 4.69) is 22.5 Å². The number of aliphatic imine (C=N–C) groups is 1. The Balaban J connectivity index is 0.00000208. The van der Waals surface area contributed by atoms with Crippen molar-refractivity contribution in [1.82, 2.24) is 10.6 Å². The van der Waals surface area contributed by atoms with Crippen LogP contribution in [0.5, 0.6) is 0 Å². The van der Waals surface area contributed by atoms with Gasteiger partial charge in [0.05, 0.1) is 12.1 Å². The van der Waals surface area contributed by atoms with Gasteiger partial charge >= 0.3 is 0 Å². The third-order valence-electron chi connectivity index (χ3n) is 4.63. The number of hydrogen-bond acceptors (Lipinski definition) is 2. The van der Waals surface area contributed by atoms with Crippen LogP contribution in [-0.4, -0.2) is 37.3 Å². The molecule has 1 saturated carbocycles. The third kappa shape index (κ3) is 4.81. The van der Waals surface area contributed by atoms with E-state index in [4.69, 9.17) is 4.74 Å². The van der Waals surface area contributed by atoms with Gasteiger partial charge in [-0.05, 0) is 44.7 Å². The first-order chi connectivity index (χ1) is 11.1. The van der Waals surface area contributed by atoms with Crippen LogP contribution in [0.25, 0.3) is 0 Å². The molecule has 1 saturated heterocycles. The van der Waals surface area contributed by atoms with Crippen molar-refractivity contribution in [3.63, 3.8) is 0 Å². The van der Waals surface area contributed by atoms with Gasteiger partial charge in [0.2, 0.25) is 0 Å². The fourth-order valence-electron chi connectivity index (χ4n) is 3.18. The van der Waals surface area contributed by atoms with Gasteiger partial charge in [-0.2, -0.15) is 0 Å². The molecule has 2 aliphatic rings. The normalized spacial score (nSPS) is 29.0. The molecule has 1 aliphatic heterocycles. The van der Waals surface area contributed by atoms with Crippen molar-refractivity contribution in [1.29, 1.82) is 0 Å². The first-order valence-corrected chi connectivity index (χ1v) is 8.54. The standard InChI is InChI=1S/C18H26FN3O.HI/c1-3-20-17(21-12-18(2)9-6-10-23-18)22-16-11-14(16)13-7-4-5-8-15(13)19;/h4-5,7-8,14,16H,3,6,9-12H2,1-2H3,(H2,20,21,22);1H. The second-order valence-corrected chi connectivity index (χ2v) is 6.71. The molecule has 1 heterocycles. The lowest BCUT2D eigenvalue weighted by molar-refractivity contribution is 0.0283. The van der Waals surface area contributed by atoms with Gasteiger partial charge < -0.3 is 15.4 Å². The second kappa shape index (κ2) is 8.47. The van der Waals surface area contributed by atoms with Crippen molar-refractivity contribution in [3.8, 4) is 0 Å². The summed E-state index contributed by atoms with van der Waals surface area (Å²) in [4.78, 5) is 4.67. The highest BCUT2D eigenvalue weighted by Gasteiger charge is 2.40. The summed E-state index contributed by atoms with van der Waals surface area (Å²) in [5.74, 6) is 0.919.